The van der Waals surface area contributed by atoms with Crippen LogP contribution in [0, 0.1) is 0 Å². The van der Waals surface area contributed by atoms with Crippen molar-refractivity contribution in [3.8, 4) is 0 Å². The van der Waals surface area contributed by atoms with E-state index in [2.05, 4.69) is 9.97 Å². The summed E-state index contributed by atoms with van der Waals surface area (Å²) in [5, 5.41) is 38.3. The molecule has 1 aromatic rings. The van der Waals surface area contributed by atoms with E-state index in [4.69, 9.17) is 21.3 Å². The Hall–Kier alpha value is -1.72. The maximum Gasteiger partial charge on any atom is 0.282 e. The second-order valence-corrected chi connectivity index (χ2v) is 4.50. The van der Waals surface area contributed by atoms with Crippen LogP contribution >= 0.6 is 0 Å². The van der Waals surface area contributed by atoms with Crippen LogP contribution in [0.2, 0.25) is 0 Å². The standard InChI is InChI=1S/C10H16N4O6/c11-8-3(9(19)14-10(12)13-8)7-6(18)5(17)4(16)2(1-15)20-7/h2,4-7,15-18H,1H2,(H5,11,12,13,14,19)/t2-,4-,5+,6+,7+/m1/s1. The fourth-order valence-corrected chi connectivity index (χ4v) is 2.13. The van der Waals surface area contributed by atoms with Crippen molar-refractivity contribution in [2.45, 2.75) is 30.5 Å². The lowest BCUT2D eigenvalue weighted by Gasteiger charge is -2.39. The van der Waals surface area contributed by atoms with Crippen molar-refractivity contribution in [1.82, 2.24) is 9.97 Å². The average Bonchev–Trinajstić information content (AvgIpc) is 2.37. The van der Waals surface area contributed by atoms with Gasteiger partial charge in [0, 0.05) is 0 Å². The molecule has 0 radical (unpaired) electrons. The molecule has 1 aromatic heterocycles. The van der Waals surface area contributed by atoms with Gasteiger partial charge >= 0.3 is 0 Å². The topological polar surface area (TPSA) is 188 Å². The molecule has 2 rings (SSSR count). The number of hydrogen-bond donors (Lipinski definition) is 7. The van der Waals surface area contributed by atoms with Crippen LogP contribution in [0.3, 0.4) is 0 Å². The Morgan fingerprint density at radius 2 is 1.85 bits per heavy atom. The lowest BCUT2D eigenvalue weighted by Crippen LogP contribution is -2.56. The number of anilines is 2. The molecule has 0 unspecified atom stereocenters. The number of aliphatic hydroxyl groups excluding tert-OH is 4. The second-order valence-electron chi connectivity index (χ2n) is 4.50. The normalized spacial score (nSPS) is 34.1. The first-order valence-electron chi connectivity index (χ1n) is 5.82. The van der Waals surface area contributed by atoms with Crippen LogP contribution in [0.1, 0.15) is 11.7 Å². The Morgan fingerprint density at radius 1 is 1.20 bits per heavy atom. The summed E-state index contributed by atoms with van der Waals surface area (Å²) in [4.78, 5) is 17.6. The maximum absolute atomic E-state index is 11.8. The summed E-state index contributed by atoms with van der Waals surface area (Å²) in [6.07, 6.45) is -7.23. The van der Waals surface area contributed by atoms with Crippen LogP contribution in [0.25, 0.3) is 0 Å². The smallest absolute Gasteiger partial charge is 0.282 e. The zero-order valence-electron chi connectivity index (χ0n) is 10.3. The molecule has 112 valence electrons. The predicted molar refractivity (Wildman–Crippen MR) is 66.4 cm³/mol. The van der Waals surface area contributed by atoms with E-state index in [1.54, 1.807) is 0 Å². The molecule has 0 bridgehead atoms. The van der Waals surface area contributed by atoms with Gasteiger partial charge in [-0.2, -0.15) is 4.98 Å². The van der Waals surface area contributed by atoms with Gasteiger partial charge in [0.2, 0.25) is 5.95 Å². The van der Waals surface area contributed by atoms with Crippen LogP contribution in [-0.2, 0) is 4.74 Å². The Morgan fingerprint density at radius 3 is 2.40 bits per heavy atom. The first-order chi connectivity index (χ1) is 9.36. The molecule has 0 aliphatic carbocycles. The third-order valence-corrected chi connectivity index (χ3v) is 3.18. The number of nitrogens with two attached hydrogens (primary N) is 2. The van der Waals surface area contributed by atoms with E-state index in [1.165, 1.54) is 0 Å². The minimum atomic E-state index is -1.61. The van der Waals surface area contributed by atoms with Gasteiger partial charge < -0.3 is 41.6 Å². The van der Waals surface area contributed by atoms with Gasteiger partial charge in [-0.3, -0.25) is 4.79 Å². The second kappa shape index (κ2) is 5.34. The van der Waals surface area contributed by atoms with Crippen molar-refractivity contribution in [3.63, 3.8) is 0 Å². The first kappa shape index (κ1) is 14.7. The van der Waals surface area contributed by atoms with Gasteiger partial charge in [0.1, 0.15) is 36.3 Å². The van der Waals surface area contributed by atoms with Crippen molar-refractivity contribution in [1.29, 1.82) is 0 Å². The van der Waals surface area contributed by atoms with E-state index in [9.17, 15) is 20.1 Å². The summed E-state index contributed by atoms with van der Waals surface area (Å²) < 4.78 is 5.23. The van der Waals surface area contributed by atoms with Gasteiger partial charge in [-0.1, -0.05) is 0 Å². The maximum atomic E-state index is 11.8. The minimum absolute atomic E-state index is 0.174. The van der Waals surface area contributed by atoms with Crippen molar-refractivity contribution in [2.24, 2.45) is 0 Å². The van der Waals surface area contributed by atoms with E-state index >= 15 is 0 Å². The van der Waals surface area contributed by atoms with Crippen molar-refractivity contribution in [2.75, 3.05) is 18.1 Å². The van der Waals surface area contributed by atoms with Crippen molar-refractivity contribution < 1.29 is 25.2 Å². The number of rotatable bonds is 2. The van der Waals surface area contributed by atoms with Crippen LogP contribution < -0.4 is 17.0 Å². The van der Waals surface area contributed by atoms with Crippen molar-refractivity contribution in [3.05, 3.63) is 15.9 Å². The number of nitrogens with one attached hydrogen (secondary N) is 1. The molecule has 9 N–H and O–H groups in total. The monoisotopic (exact) mass is 288 g/mol. The third-order valence-electron chi connectivity index (χ3n) is 3.18. The highest BCUT2D eigenvalue weighted by atomic mass is 16.5. The molecule has 1 aliphatic rings. The lowest BCUT2D eigenvalue weighted by atomic mass is 9.92. The van der Waals surface area contributed by atoms with Crippen molar-refractivity contribution >= 4 is 11.8 Å². The molecule has 1 aliphatic heterocycles. The summed E-state index contributed by atoms with van der Waals surface area (Å²) in [7, 11) is 0. The molecule has 0 spiro atoms. The van der Waals surface area contributed by atoms with Crippen LogP contribution in [0.5, 0.6) is 0 Å². The van der Waals surface area contributed by atoms with E-state index < -0.39 is 42.7 Å². The van der Waals surface area contributed by atoms with Gasteiger partial charge in [0.25, 0.3) is 5.56 Å². The van der Waals surface area contributed by atoms with Crippen LogP contribution in [-0.4, -0.2) is 61.4 Å². The van der Waals surface area contributed by atoms with Gasteiger partial charge in [-0.25, -0.2) is 0 Å². The van der Waals surface area contributed by atoms with Gasteiger partial charge in [-0.15, -0.1) is 0 Å². The number of aromatic amines is 1. The Balaban J connectivity index is 2.44. The number of aromatic nitrogens is 2. The van der Waals surface area contributed by atoms with Gasteiger partial charge in [0.05, 0.1) is 12.2 Å². The third kappa shape index (κ3) is 2.34. The number of nitrogen functional groups attached to an aromatic ring is 2. The number of hydrogen-bond acceptors (Lipinski definition) is 9. The van der Waals surface area contributed by atoms with E-state index in [0.29, 0.717) is 0 Å². The summed E-state index contributed by atoms with van der Waals surface area (Å²) in [5.41, 5.74) is 9.87. The lowest BCUT2D eigenvalue weighted by molar-refractivity contribution is -0.231. The molecule has 10 heteroatoms. The zero-order chi connectivity index (χ0) is 15.0. The zero-order valence-corrected chi connectivity index (χ0v) is 10.3. The average molecular weight is 288 g/mol. The predicted octanol–water partition coefficient (Wildman–Crippen LogP) is -3.55. The van der Waals surface area contributed by atoms with E-state index in [1.807, 2.05) is 0 Å². The molecule has 2 heterocycles. The molecule has 1 fully saturated rings. The summed E-state index contributed by atoms with van der Waals surface area (Å²) in [5.74, 6) is -0.382. The highest BCUT2D eigenvalue weighted by Gasteiger charge is 2.45. The quantitative estimate of drug-likeness (QED) is 0.289. The fraction of sp³-hybridized carbons (Fsp3) is 0.600. The highest BCUT2D eigenvalue weighted by Crippen LogP contribution is 2.32. The molecule has 10 nitrogen and oxygen atoms in total. The molecular weight excluding hydrogens is 272 g/mol. The number of nitrogens with zero attached hydrogens (tertiary/aromatic N) is 1. The number of ether oxygens (including phenoxy) is 1. The van der Waals surface area contributed by atoms with Crippen LogP contribution in [0.15, 0.2) is 4.79 Å². The Kier molecular flexibility index (Phi) is 3.92. The molecular formula is C10H16N4O6. The highest BCUT2D eigenvalue weighted by molar-refractivity contribution is 5.43. The van der Waals surface area contributed by atoms with E-state index in [0.717, 1.165) is 0 Å². The molecule has 0 amide bonds. The molecule has 1 saturated heterocycles. The summed E-state index contributed by atoms with van der Waals surface area (Å²) >= 11 is 0. The van der Waals surface area contributed by atoms with Gasteiger partial charge in [0.15, 0.2) is 0 Å². The SMILES string of the molecule is Nc1nc(=O)c([C@@H]2O[C@H](CO)[C@@H](O)[C@H](O)[C@@H]2O)c(N)[nH]1. The van der Waals surface area contributed by atoms with E-state index in [-0.39, 0.29) is 17.3 Å². The minimum Gasteiger partial charge on any atom is -0.394 e. The fourth-order valence-electron chi connectivity index (χ4n) is 2.13. The first-order valence-corrected chi connectivity index (χ1v) is 5.82. The largest absolute Gasteiger partial charge is 0.394 e. The molecule has 5 atom stereocenters. The van der Waals surface area contributed by atoms with Crippen LogP contribution in [0.4, 0.5) is 11.8 Å². The summed E-state index contributed by atoms with van der Waals surface area (Å²) in [6.45, 7) is -0.609. The molecule has 0 aromatic carbocycles. The number of H-pyrrole nitrogens is 1. The molecule has 20 heavy (non-hydrogen) atoms. The molecule has 0 saturated carbocycles. The summed E-state index contributed by atoms with van der Waals surface area (Å²) in [6, 6.07) is 0. The number of aliphatic hydroxyl groups is 4. The Bertz CT molecular complexity index is 547. The van der Waals surface area contributed by atoms with Gasteiger partial charge in [-0.05, 0) is 0 Å². The Labute approximate surface area is 112 Å².